The third-order valence-corrected chi connectivity index (χ3v) is 4.58. The Balaban J connectivity index is 1.48. The molecule has 0 aliphatic carbocycles. The maximum Gasteiger partial charge on any atom is 0.275 e. The molecule has 1 N–H and O–H groups in total. The summed E-state index contributed by atoms with van der Waals surface area (Å²) in [6.07, 6.45) is 0.725. The molecule has 0 aliphatic heterocycles. The molecule has 0 aliphatic rings. The number of hydrogen-bond acceptors (Lipinski definition) is 5. The second-order valence-electron chi connectivity index (χ2n) is 5.66. The molecule has 0 saturated carbocycles. The van der Waals surface area contributed by atoms with E-state index >= 15 is 0 Å². The summed E-state index contributed by atoms with van der Waals surface area (Å²) in [5.41, 5.74) is 3.69. The minimum atomic E-state index is -0.227. The lowest BCUT2D eigenvalue weighted by Crippen LogP contribution is -2.12. The van der Waals surface area contributed by atoms with Gasteiger partial charge in [-0.25, -0.2) is 9.97 Å². The van der Waals surface area contributed by atoms with Crippen molar-refractivity contribution in [3.8, 4) is 0 Å². The van der Waals surface area contributed by atoms with Crippen molar-refractivity contribution in [1.82, 2.24) is 9.97 Å². The fourth-order valence-corrected chi connectivity index (χ4v) is 3.39. The molecule has 0 saturated heterocycles. The van der Waals surface area contributed by atoms with Gasteiger partial charge in [0.25, 0.3) is 5.91 Å². The predicted molar refractivity (Wildman–Crippen MR) is 98.1 cm³/mol. The highest BCUT2D eigenvalue weighted by Crippen LogP contribution is 2.21. The van der Waals surface area contributed by atoms with Crippen LogP contribution >= 0.6 is 11.3 Å². The third kappa shape index (κ3) is 3.44. The minimum absolute atomic E-state index is 0.227. The Morgan fingerprint density at radius 1 is 1.16 bits per heavy atom. The molecule has 4 aromatic rings. The molecule has 2 aromatic carbocycles. The van der Waals surface area contributed by atoms with Crippen molar-refractivity contribution in [3.63, 3.8) is 0 Å². The number of nitrogens with zero attached hydrogens (tertiary/aromatic N) is 2. The Labute approximate surface area is 148 Å². The first kappa shape index (κ1) is 15.5. The van der Waals surface area contributed by atoms with E-state index in [0.717, 1.165) is 16.9 Å². The van der Waals surface area contributed by atoms with Gasteiger partial charge >= 0.3 is 0 Å². The highest BCUT2D eigenvalue weighted by Gasteiger charge is 2.12. The van der Waals surface area contributed by atoms with Gasteiger partial charge in [0.15, 0.2) is 11.5 Å². The second-order valence-corrected chi connectivity index (χ2v) is 6.60. The van der Waals surface area contributed by atoms with Crippen LogP contribution in [-0.2, 0) is 6.42 Å². The van der Waals surface area contributed by atoms with Crippen molar-refractivity contribution in [3.05, 3.63) is 76.1 Å². The maximum absolute atomic E-state index is 12.4. The molecule has 6 heteroatoms. The summed E-state index contributed by atoms with van der Waals surface area (Å²) in [7, 11) is 0. The summed E-state index contributed by atoms with van der Waals surface area (Å²) >= 11 is 1.49. The topological polar surface area (TPSA) is 68.0 Å². The minimum Gasteiger partial charge on any atom is -0.441 e. The molecule has 0 unspecified atom stereocenters. The molecular weight excluding hydrogens is 334 g/mol. The third-order valence-electron chi connectivity index (χ3n) is 3.73. The molecule has 25 heavy (non-hydrogen) atoms. The molecule has 0 bridgehead atoms. The average molecular weight is 349 g/mol. The van der Waals surface area contributed by atoms with Crippen molar-refractivity contribution in [2.75, 3.05) is 5.32 Å². The number of oxazole rings is 1. The molecule has 2 aromatic heterocycles. The zero-order valence-electron chi connectivity index (χ0n) is 13.5. The summed E-state index contributed by atoms with van der Waals surface area (Å²) in [6, 6.07) is 15.5. The summed E-state index contributed by atoms with van der Waals surface area (Å²) < 4.78 is 5.44. The number of benzene rings is 2. The van der Waals surface area contributed by atoms with Gasteiger partial charge in [0, 0.05) is 24.4 Å². The van der Waals surface area contributed by atoms with Crippen molar-refractivity contribution in [2.24, 2.45) is 0 Å². The number of aryl methyl sites for hydroxylation is 1. The number of thiazole rings is 1. The monoisotopic (exact) mass is 349 g/mol. The first-order valence-electron chi connectivity index (χ1n) is 7.84. The number of carbonyl (C=O) groups is 1. The van der Waals surface area contributed by atoms with Gasteiger partial charge in [-0.3, -0.25) is 4.79 Å². The van der Waals surface area contributed by atoms with E-state index in [1.165, 1.54) is 16.9 Å². The van der Waals surface area contributed by atoms with Crippen LogP contribution < -0.4 is 5.32 Å². The standard InChI is InChI=1S/C19H15N3O2S/c1-12-20-15-10-14(7-8-17(15)24-12)21-19(23)16-11-25-18(22-16)9-13-5-3-2-4-6-13/h2-8,10-11H,9H2,1H3,(H,21,23). The molecule has 0 spiro atoms. The van der Waals surface area contributed by atoms with Gasteiger partial charge < -0.3 is 9.73 Å². The number of aromatic nitrogens is 2. The fraction of sp³-hybridized carbons (Fsp3) is 0.105. The van der Waals surface area contributed by atoms with Crippen LogP contribution in [0.5, 0.6) is 0 Å². The number of nitrogens with one attached hydrogen (secondary N) is 1. The molecule has 0 fully saturated rings. The fourth-order valence-electron chi connectivity index (χ4n) is 2.58. The average Bonchev–Trinajstić information content (AvgIpc) is 3.21. The molecule has 0 radical (unpaired) electrons. The van der Waals surface area contributed by atoms with Crippen LogP contribution in [0.25, 0.3) is 11.1 Å². The molecular formula is C19H15N3O2S. The molecule has 5 nitrogen and oxygen atoms in total. The van der Waals surface area contributed by atoms with Gasteiger partial charge in [-0.15, -0.1) is 11.3 Å². The van der Waals surface area contributed by atoms with Gasteiger partial charge in [-0.2, -0.15) is 0 Å². The summed E-state index contributed by atoms with van der Waals surface area (Å²) in [4.78, 5) is 21.1. The molecule has 0 atom stereocenters. The van der Waals surface area contributed by atoms with Crippen molar-refractivity contribution >= 4 is 34.0 Å². The van der Waals surface area contributed by atoms with Gasteiger partial charge in [-0.1, -0.05) is 30.3 Å². The lowest BCUT2D eigenvalue weighted by molar-refractivity contribution is 0.102. The number of amides is 1. The zero-order chi connectivity index (χ0) is 17.2. The van der Waals surface area contributed by atoms with E-state index in [-0.39, 0.29) is 5.91 Å². The Morgan fingerprint density at radius 3 is 2.84 bits per heavy atom. The highest BCUT2D eigenvalue weighted by molar-refractivity contribution is 7.09. The van der Waals surface area contributed by atoms with E-state index in [4.69, 9.17) is 4.42 Å². The predicted octanol–water partition coefficient (Wildman–Crippen LogP) is 4.44. The highest BCUT2D eigenvalue weighted by atomic mass is 32.1. The lowest BCUT2D eigenvalue weighted by atomic mass is 10.2. The largest absolute Gasteiger partial charge is 0.441 e. The number of anilines is 1. The van der Waals surface area contributed by atoms with Gasteiger partial charge in [-0.05, 0) is 23.8 Å². The molecule has 4 rings (SSSR count). The summed E-state index contributed by atoms with van der Waals surface area (Å²) in [6.45, 7) is 1.79. The first-order chi connectivity index (χ1) is 12.2. The number of fused-ring (bicyclic) bond motifs is 1. The first-order valence-corrected chi connectivity index (χ1v) is 8.72. The Bertz CT molecular complexity index is 1040. The van der Waals surface area contributed by atoms with Crippen LogP contribution in [-0.4, -0.2) is 15.9 Å². The smallest absolute Gasteiger partial charge is 0.275 e. The number of hydrogen-bond donors (Lipinski definition) is 1. The lowest BCUT2D eigenvalue weighted by Gasteiger charge is -2.02. The number of carbonyl (C=O) groups excluding carboxylic acids is 1. The van der Waals surface area contributed by atoms with Crippen LogP contribution in [0, 0.1) is 6.92 Å². The summed E-state index contributed by atoms with van der Waals surface area (Å²) in [5.74, 6) is 0.374. The molecule has 2 heterocycles. The van der Waals surface area contributed by atoms with Crippen LogP contribution in [0.15, 0.2) is 58.3 Å². The van der Waals surface area contributed by atoms with Crippen molar-refractivity contribution in [1.29, 1.82) is 0 Å². The van der Waals surface area contributed by atoms with E-state index in [9.17, 15) is 4.79 Å². The van der Waals surface area contributed by atoms with Crippen LogP contribution in [0.2, 0.25) is 0 Å². The van der Waals surface area contributed by atoms with Crippen LogP contribution in [0.4, 0.5) is 5.69 Å². The van der Waals surface area contributed by atoms with E-state index in [2.05, 4.69) is 27.4 Å². The van der Waals surface area contributed by atoms with Gasteiger partial charge in [0.1, 0.15) is 11.2 Å². The molecule has 124 valence electrons. The summed E-state index contributed by atoms with van der Waals surface area (Å²) in [5, 5.41) is 5.56. The Hall–Kier alpha value is -2.99. The van der Waals surface area contributed by atoms with Crippen molar-refractivity contribution in [2.45, 2.75) is 13.3 Å². The normalized spacial score (nSPS) is 10.9. The Kier molecular flexibility index (Phi) is 4.03. The van der Waals surface area contributed by atoms with E-state index < -0.39 is 0 Å². The van der Waals surface area contributed by atoms with Crippen LogP contribution in [0.1, 0.15) is 27.0 Å². The van der Waals surface area contributed by atoms with E-state index in [1.807, 2.05) is 18.2 Å². The van der Waals surface area contributed by atoms with Crippen molar-refractivity contribution < 1.29 is 9.21 Å². The maximum atomic E-state index is 12.4. The SMILES string of the molecule is Cc1nc2cc(NC(=O)c3csc(Cc4ccccc4)n3)ccc2o1. The molecule has 1 amide bonds. The Morgan fingerprint density at radius 2 is 2.00 bits per heavy atom. The van der Waals surface area contributed by atoms with Gasteiger partial charge in [0.2, 0.25) is 0 Å². The van der Waals surface area contributed by atoms with Crippen LogP contribution in [0.3, 0.4) is 0 Å². The quantitative estimate of drug-likeness (QED) is 0.591. The zero-order valence-corrected chi connectivity index (χ0v) is 14.3. The number of rotatable bonds is 4. The van der Waals surface area contributed by atoms with E-state index in [1.54, 1.807) is 30.5 Å². The van der Waals surface area contributed by atoms with E-state index in [0.29, 0.717) is 22.9 Å². The van der Waals surface area contributed by atoms with Gasteiger partial charge in [0.05, 0.1) is 5.01 Å². The second kappa shape index (κ2) is 6.49.